The van der Waals surface area contributed by atoms with Crippen molar-refractivity contribution in [3.05, 3.63) is 0 Å². The van der Waals surface area contributed by atoms with Crippen LogP contribution in [0.1, 0.15) is 55.4 Å². The molecule has 166 valence electrons. The van der Waals surface area contributed by atoms with Crippen LogP contribution in [0.5, 0.6) is 0 Å². The zero-order valence-electron chi connectivity index (χ0n) is 19.5. The molecule has 1 aliphatic rings. The van der Waals surface area contributed by atoms with Gasteiger partial charge in [0.15, 0.2) is 0 Å². The van der Waals surface area contributed by atoms with Crippen LogP contribution in [-0.2, 0) is 4.79 Å². The van der Waals surface area contributed by atoms with E-state index in [0.717, 1.165) is 26.2 Å². The molecule has 0 aliphatic carbocycles. The lowest BCUT2D eigenvalue weighted by Crippen LogP contribution is -2.59. The van der Waals surface area contributed by atoms with Crippen molar-refractivity contribution < 1.29 is 9.90 Å². The monoisotopic (exact) mass is 398 g/mol. The molecule has 4 atom stereocenters. The van der Waals surface area contributed by atoms with Crippen molar-refractivity contribution in [1.29, 1.82) is 0 Å². The van der Waals surface area contributed by atoms with Gasteiger partial charge in [-0.3, -0.25) is 9.69 Å². The predicted molar refractivity (Wildman–Crippen MR) is 118 cm³/mol. The Kier molecular flexibility index (Phi) is 11.0. The fourth-order valence-electron chi connectivity index (χ4n) is 3.96. The Morgan fingerprint density at radius 3 is 1.61 bits per heavy atom. The lowest BCUT2D eigenvalue weighted by atomic mass is 9.95. The Hall–Kier alpha value is -0.690. The lowest BCUT2D eigenvalue weighted by Gasteiger charge is -2.40. The van der Waals surface area contributed by atoms with E-state index >= 15 is 0 Å². The first-order chi connectivity index (χ1) is 13.0. The van der Waals surface area contributed by atoms with Gasteiger partial charge in [-0.15, -0.1) is 0 Å². The summed E-state index contributed by atoms with van der Waals surface area (Å²) in [6.45, 7) is 21.4. The lowest BCUT2D eigenvalue weighted by molar-refractivity contribution is -0.139. The zero-order valence-corrected chi connectivity index (χ0v) is 19.5. The van der Waals surface area contributed by atoms with Crippen LogP contribution in [0.25, 0.3) is 0 Å². The van der Waals surface area contributed by atoms with Gasteiger partial charge in [0.2, 0.25) is 0 Å². The molecule has 4 N–H and O–H groups in total. The Bertz CT molecular complexity index is 454. The number of nitrogens with one attached hydrogen (secondary N) is 3. The van der Waals surface area contributed by atoms with E-state index in [4.69, 9.17) is 0 Å². The van der Waals surface area contributed by atoms with Crippen LogP contribution < -0.4 is 16.0 Å². The molecule has 0 aromatic carbocycles. The van der Waals surface area contributed by atoms with Crippen molar-refractivity contribution in [2.24, 2.45) is 23.7 Å². The Balaban J connectivity index is 3.14. The van der Waals surface area contributed by atoms with Gasteiger partial charge in [-0.2, -0.15) is 0 Å². The Labute approximate surface area is 173 Å². The standard InChI is InChI=1S/C22H46N4O2/c1-14(2)18-10-24-20(16(5)6)12-26(13-22(27)28)21(17(7)8)11-25-19(9-23-18)15(3)4/h14-21,23-25H,9-13H2,1-8H3,(H,27,28)/t18-,19-,20-,21-/m1/s1. The van der Waals surface area contributed by atoms with Gasteiger partial charge in [0.05, 0.1) is 6.54 Å². The topological polar surface area (TPSA) is 76.6 Å². The first kappa shape index (κ1) is 25.3. The molecule has 1 fully saturated rings. The Morgan fingerprint density at radius 2 is 1.21 bits per heavy atom. The first-order valence-electron chi connectivity index (χ1n) is 11.2. The van der Waals surface area contributed by atoms with E-state index < -0.39 is 5.97 Å². The maximum absolute atomic E-state index is 11.6. The molecule has 0 bridgehead atoms. The highest BCUT2D eigenvalue weighted by molar-refractivity contribution is 5.69. The van der Waals surface area contributed by atoms with Crippen molar-refractivity contribution in [2.45, 2.75) is 79.6 Å². The summed E-state index contributed by atoms with van der Waals surface area (Å²) in [5.41, 5.74) is 0. The molecule has 0 spiro atoms. The number of aliphatic carboxylic acids is 1. The molecule has 6 heteroatoms. The number of carboxylic acid groups (broad SMARTS) is 1. The van der Waals surface area contributed by atoms with Crippen molar-refractivity contribution >= 4 is 5.97 Å². The molecular formula is C22H46N4O2. The van der Waals surface area contributed by atoms with E-state index in [1.54, 1.807) is 0 Å². The van der Waals surface area contributed by atoms with E-state index in [1.165, 1.54) is 0 Å². The average Bonchev–Trinajstić information content (AvgIpc) is 2.55. The normalized spacial score (nSPS) is 29.3. The Morgan fingerprint density at radius 1 is 0.786 bits per heavy atom. The van der Waals surface area contributed by atoms with E-state index in [0.29, 0.717) is 35.8 Å². The second-order valence-corrected chi connectivity index (χ2v) is 9.91. The SMILES string of the molecule is CC(C)[C@H]1CN[C@@H](C(C)C)CN[C@@H](C(C)C)CN[C@@H](C(C)C)CN1CC(=O)O. The van der Waals surface area contributed by atoms with Crippen LogP contribution in [0, 0.1) is 23.7 Å². The van der Waals surface area contributed by atoms with Gasteiger partial charge in [-0.1, -0.05) is 55.4 Å². The van der Waals surface area contributed by atoms with Crippen LogP contribution in [0.3, 0.4) is 0 Å². The fraction of sp³-hybridized carbons (Fsp3) is 0.955. The van der Waals surface area contributed by atoms with E-state index in [-0.39, 0.29) is 18.6 Å². The third kappa shape index (κ3) is 8.36. The van der Waals surface area contributed by atoms with Crippen LogP contribution >= 0.6 is 0 Å². The smallest absolute Gasteiger partial charge is 0.317 e. The zero-order chi connectivity index (χ0) is 21.4. The van der Waals surface area contributed by atoms with Crippen LogP contribution in [0.15, 0.2) is 0 Å². The number of hydrogen-bond acceptors (Lipinski definition) is 5. The van der Waals surface area contributed by atoms with Crippen molar-refractivity contribution in [3.8, 4) is 0 Å². The minimum Gasteiger partial charge on any atom is -0.480 e. The third-order valence-electron chi connectivity index (χ3n) is 6.21. The molecule has 1 saturated heterocycles. The highest BCUT2D eigenvalue weighted by Crippen LogP contribution is 2.16. The van der Waals surface area contributed by atoms with Crippen LogP contribution in [0.4, 0.5) is 0 Å². The molecule has 1 aliphatic heterocycles. The van der Waals surface area contributed by atoms with Crippen molar-refractivity contribution in [2.75, 3.05) is 32.7 Å². The number of rotatable bonds is 6. The predicted octanol–water partition coefficient (Wildman–Crippen LogP) is 2.25. The summed E-state index contributed by atoms with van der Waals surface area (Å²) in [5, 5.41) is 20.8. The van der Waals surface area contributed by atoms with Crippen molar-refractivity contribution in [3.63, 3.8) is 0 Å². The number of hydrogen-bond donors (Lipinski definition) is 4. The highest BCUT2D eigenvalue weighted by Gasteiger charge is 2.30. The maximum atomic E-state index is 11.6. The second-order valence-electron chi connectivity index (χ2n) is 9.91. The summed E-state index contributed by atoms with van der Waals surface area (Å²) >= 11 is 0. The summed E-state index contributed by atoms with van der Waals surface area (Å²) < 4.78 is 0. The molecule has 0 saturated carbocycles. The minimum atomic E-state index is -0.748. The molecule has 1 heterocycles. The summed E-state index contributed by atoms with van der Waals surface area (Å²) in [6, 6.07) is 1.23. The van der Waals surface area contributed by atoms with Gasteiger partial charge in [0.25, 0.3) is 0 Å². The summed E-state index contributed by atoms with van der Waals surface area (Å²) in [7, 11) is 0. The molecule has 0 amide bonds. The van der Waals surface area contributed by atoms with Crippen LogP contribution in [-0.4, -0.2) is 72.9 Å². The van der Waals surface area contributed by atoms with Crippen LogP contribution in [0.2, 0.25) is 0 Å². The summed E-state index contributed by atoms with van der Waals surface area (Å²) in [4.78, 5) is 13.8. The molecule has 0 aromatic heterocycles. The van der Waals surface area contributed by atoms with Gasteiger partial charge in [0, 0.05) is 50.3 Å². The first-order valence-corrected chi connectivity index (χ1v) is 11.2. The number of carbonyl (C=O) groups is 1. The molecule has 1 rings (SSSR count). The molecule has 0 aromatic rings. The quantitative estimate of drug-likeness (QED) is 0.550. The highest BCUT2D eigenvalue weighted by atomic mass is 16.4. The maximum Gasteiger partial charge on any atom is 0.317 e. The van der Waals surface area contributed by atoms with Gasteiger partial charge >= 0.3 is 5.97 Å². The van der Waals surface area contributed by atoms with E-state index in [9.17, 15) is 9.90 Å². The number of carboxylic acids is 1. The third-order valence-corrected chi connectivity index (χ3v) is 6.21. The van der Waals surface area contributed by atoms with Gasteiger partial charge in [-0.05, 0) is 23.7 Å². The van der Waals surface area contributed by atoms with Gasteiger partial charge < -0.3 is 21.1 Å². The van der Waals surface area contributed by atoms with E-state index in [1.807, 2.05) is 0 Å². The molecular weight excluding hydrogens is 352 g/mol. The average molecular weight is 399 g/mol. The fourth-order valence-corrected chi connectivity index (χ4v) is 3.96. The largest absolute Gasteiger partial charge is 0.480 e. The van der Waals surface area contributed by atoms with E-state index in [2.05, 4.69) is 76.2 Å². The molecule has 6 nitrogen and oxygen atoms in total. The van der Waals surface area contributed by atoms with Gasteiger partial charge in [-0.25, -0.2) is 0 Å². The van der Waals surface area contributed by atoms with Gasteiger partial charge in [0.1, 0.15) is 0 Å². The minimum absolute atomic E-state index is 0.0909. The summed E-state index contributed by atoms with van der Waals surface area (Å²) in [6.07, 6.45) is 0. The summed E-state index contributed by atoms with van der Waals surface area (Å²) in [5.74, 6) is 1.13. The second kappa shape index (κ2) is 12.1. The number of nitrogens with zero attached hydrogens (tertiary/aromatic N) is 1. The van der Waals surface area contributed by atoms with Crippen molar-refractivity contribution in [1.82, 2.24) is 20.9 Å². The molecule has 0 radical (unpaired) electrons. The molecule has 0 unspecified atom stereocenters. The molecule has 28 heavy (non-hydrogen) atoms.